The lowest BCUT2D eigenvalue weighted by atomic mass is 9.68. The van der Waals surface area contributed by atoms with E-state index in [2.05, 4.69) is 20.3 Å². The van der Waals surface area contributed by atoms with E-state index in [4.69, 9.17) is 0 Å². The van der Waals surface area contributed by atoms with Gasteiger partial charge in [-0.2, -0.15) is 0 Å². The summed E-state index contributed by atoms with van der Waals surface area (Å²) in [6.45, 7) is 0. The molecule has 3 saturated carbocycles. The Bertz CT molecular complexity index is 1290. The molecule has 0 amide bonds. The molecule has 2 N–H and O–H groups in total. The van der Waals surface area contributed by atoms with E-state index in [0.29, 0.717) is 27.7 Å². The molecule has 164 valence electrons. The highest BCUT2D eigenvalue weighted by atomic mass is 32.1. The fourth-order valence-electron chi connectivity index (χ4n) is 5.31. The summed E-state index contributed by atoms with van der Waals surface area (Å²) in [4.78, 5) is 12.5. The summed E-state index contributed by atoms with van der Waals surface area (Å²) in [7, 11) is 0. The van der Waals surface area contributed by atoms with Gasteiger partial charge in [-0.05, 0) is 48.6 Å². The minimum Gasteiger partial charge on any atom is -0.364 e. The van der Waals surface area contributed by atoms with Crippen molar-refractivity contribution in [1.29, 1.82) is 0 Å². The van der Waals surface area contributed by atoms with Crippen LogP contribution < -0.4 is 5.32 Å². The van der Waals surface area contributed by atoms with Gasteiger partial charge in [0.05, 0.1) is 10.4 Å². The van der Waals surface area contributed by atoms with Gasteiger partial charge in [-0.25, -0.2) is 23.1 Å². The van der Waals surface area contributed by atoms with Gasteiger partial charge in [-0.3, -0.25) is 0 Å². The van der Waals surface area contributed by atoms with E-state index in [-0.39, 0.29) is 28.9 Å². The highest BCUT2D eigenvalue weighted by Crippen LogP contribution is 2.43. The van der Waals surface area contributed by atoms with Gasteiger partial charge in [0.2, 0.25) is 0 Å². The van der Waals surface area contributed by atoms with Crippen LogP contribution in [0, 0.1) is 29.3 Å². The van der Waals surface area contributed by atoms with Crippen LogP contribution in [0.4, 0.5) is 19.0 Å². The van der Waals surface area contributed by atoms with Crippen molar-refractivity contribution >= 4 is 28.1 Å². The van der Waals surface area contributed by atoms with Gasteiger partial charge in [-0.1, -0.05) is 18.9 Å². The summed E-state index contributed by atoms with van der Waals surface area (Å²) in [5.41, 5.74) is 0.801. The normalized spacial score (nSPS) is 22.5. The number of aromatic nitrogens is 3. The molecule has 0 saturated heterocycles. The summed E-state index contributed by atoms with van der Waals surface area (Å²) in [6, 6.07) is 5.89. The van der Waals surface area contributed by atoms with Gasteiger partial charge in [0.1, 0.15) is 17.3 Å². The Morgan fingerprint density at radius 2 is 1.91 bits per heavy atom. The Morgan fingerprint density at radius 1 is 1.06 bits per heavy atom. The summed E-state index contributed by atoms with van der Waals surface area (Å²) in [5.74, 6) is -0.291. The molecule has 32 heavy (non-hydrogen) atoms. The highest BCUT2D eigenvalue weighted by Gasteiger charge is 2.36. The van der Waals surface area contributed by atoms with Crippen LogP contribution in [0.25, 0.3) is 32.9 Å². The molecule has 1 atom stereocenters. The number of rotatable bonds is 4. The minimum atomic E-state index is -0.691. The largest absolute Gasteiger partial charge is 0.364 e. The maximum absolute atomic E-state index is 15.6. The van der Waals surface area contributed by atoms with Crippen LogP contribution in [0.5, 0.6) is 0 Å². The molecule has 3 aliphatic rings. The number of anilines is 1. The van der Waals surface area contributed by atoms with Crippen LogP contribution in [0.1, 0.15) is 32.1 Å². The number of halogens is 3. The SMILES string of the molecule is Fc1cc(F)c2[nH]cc(-c3nc(NC4CC5CCC4CC5)c(F)c(-c4cccs4)n3)c2c1. The Labute approximate surface area is 186 Å². The summed E-state index contributed by atoms with van der Waals surface area (Å²) in [5, 5.41) is 5.57. The lowest BCUT2D eigenvalue weighted by Crippen LogP contribution is -2.40. The predicted molar refractivity (Wildman–Crippen MR) is 120 cm³/mol. The van der Waals surface area contributed by atoms with Crippen LogP contribution in [-0.4, -0.2) is 21.0 Å². The van der Waals surface area contributed by atoms with Crippen LogP contribution in [-0.2, 0) is 0 Å². The van der Waals surface area contributed by atoms with Crippen molar-refractivity contribution in [3.8, 4) is 22.0 Å². The first kappa shape index (κ1) is 19.8. The molecule has 1 unspecified atom stereocenters. The van der Waals surface area contributed by atoms with E-state index in [1.54, 1.807) is 12.3 Å². The molecule has 3 fully saturated rings. The smallest absolute Gasteiger partial charge is 0.192 e. The molecule has 0 radical (unpaired) electrons. The van der Waals surface area contributed by atoms with E-state index >= 15 is 4.39 Å². The molecule has 0 aliphatic heterocycles. The molecule has 4 aromatic rings. The number of hydrogen-bond acceptors (Lipinski definition) is 4. The first-order valence-electron chi connectivity index (χ1n) is 10.9. The van der Waals surface area contributed by atoms with Crippen LogP contribution in [0.3, 0.4) is 0 Å². The third-order valence-electron chi connectivity index (χ3n) is 6.92. The zero-order valence-electron chi connectivity index (χ0n) is 17.2. The zero-order valence-corrected chi connectivity index (χ0v) is 18.0. The summed E-state index contributed by atoms with van der Waals surface area (Å²) in [6.07, 6.45) is 7.36. The number of hydrogen-bond donors (Lipinski definition) is 2. The Hall–Kier alpha value is -2.87. The molecule has 0 spiro atoms. The van der Waals surface area contributed by atoms with E-state index in [9.17, 15) is 8.78 Å². The number of H-pyrrole nitrogens is 1. The quantitative estimate of drug-likeness (QED) is 0.358. The second kappa shape index (κ2) is 7.62. The van der Waals surface area contributed by atoms with E-state index in [1.807, 2.05) is 11.4 Å². The van der Waals surface area contributed by atoms with Crippen molar-refractivity contribution in [3.05, 3.63) is 53.3 Å². The van der Waals surface area contributed by atoms with Gasteiger partial charge in [0.25, 0.3) is 0 Å². The molecular weight excluding hydrogens is 433 g/mol. The second-order valence-electron chi connectivity index (χ2n) is 8.82. The molecule has 4 nitrogen and oxygen atoms in total. The van der Waals surface area contributed by atoms with Crippen LogP contribution >= 0.6 is 11.3 Å². The van der Waals surface area contributed by atoms with Gasteiger partial charge in [0, 0.05) is 29.3 Å². The van der Waals surface area contributed by atoms with Gasteiger partial charge in [0.15, 0.2) is 17.5 Å². The molecule has 7 rings (SSSR count). The van der Waals surface area contributed by atoms with Gasteiger partial charge < -0.3 is 10.3 Å². The monoisotopic (exact) mass is 454 g/mol. The average Bonchev–Trinajstić information content (AvgIpc) is 3.46. The Kier molecular flexibility index (Phi) is 4.71. The molecular formula is C24H21F3N4S. The van der Waals surface area contributed by atoms with Crippen molar-refractivity contribution in [2.24, 2.45) is 11.8 Å². The first-order chi connectivity index (χ1) is 15.6. The van der Waals surface area contributed by atoms with Crippen molar-refractivity contribution in [2.45, 2.75) is 38.1 Å². The molecule has 1 aromatic carbocycles. The van der Waals surface area contributed by atoms with Crippen molar-refractivity contribution in [3.63, 3.8) is 0 Å². The minimum absolute atomic E-state index is 0.155. The van der Waals surface area contributed by atoms with Gasteiger partial charge >= 0.3 is 0 Å². The summed E-state index contributed by atoms with van der Waals surface area (Å²) < 4.78 is 43.8. The molecule has 8 heteroatoms. The Morgan fingerprint density at radius 3 is 2.62 bits per heavy atom. The number of aromatic amines is 1. The van der Waals surface area contributed by atoms with Crippen molar-refractivity contribution < 1.29 is 13.2 Å². The topological polar surface area (TPSA) is 53.6 Å². The van der Waals surface area contributed by atoms with Crippen molar-refractivity contribution in [2.75, 3.05) is 5.32 Å². The summed E-state index contributed by atoms with van der Waals surface area (Å²) >= 11 is 1.39. The lowest BCUT2D eigenvalue weighted by Gasteiger charge is -2.42. The predicted octanol–water partition coefficient (Wildman–Crippen LogP) is 6.76. The van der Waals surface area contributed by atoms with Crippen LogP contribution in [0.15, 0.2) is 35.8 Å². The number of nitrogens with one attached hydrogen (secondary N) is 2. The van der Waals surface area contributed by atoms with E-state index < -0.39 is 17.5 Å². The van der Waals surface area contributed by atoms with E-state index in [0.717, 1.165) is 25.3 Å². The molecule has 3 aromatic heterocycles. The average molecular weight is 455 g/mol. The number of nitrogens with zero attached hydrogens (tertiary/aromatic N) is 2. The third-order valence-corrected chi connectivity index (χ3v) is 7.80. The maximum atomic E-state index is 15.6. The molecule has 3 aliphatic carbocycles. The molecule has 2 bridgehead atoms. The number of benzene rings is 1. The fourth-order valence-corrected chi connectivity index (χ4v) is 6.02. The number of thiophene rings is 1. The second-order valence-corrected chi connectivity index (χ2v) is 9.76. The first-order valence-corrected chi connectivity index (χ1v) is 11.8. The standard InChI is InChI=1S/C24H21F3N4S/c25-14-9-15-16(11-28-21(15)17(26)10-14)23-30-22(19-2-1-7-32-19)20(27)24(31-23)29-18-8-12-3-5-13(18)6-4-12/h1-2,7,9-13,18,28H,3-6,8H2,(H,29,30,31). The van der Waals surface area contributed by atoms with Crippen molar-refractivity contribution in [1.82, 2.24) is 15.0 Å². The lowest BCUT2D eigenvalue weighted by molar-refractivity contribution is 0.157. The maximum Gasteiger partial charge on any atom is 0.192 e. The molecule has 3 heterocycles. The third kappa shape index (κ3) is 3.28. The zero-order chi connectivity index (χ0) is 21.8. The fraction of sp³-hybridized carbons (Fsp3) is 0.333. The van der Waals surface area contributed by atoms with Crippen LogP contribution in [0.2, 0.25) is 0 Å². The highest BCUT2D eigenvalue weighted by molar-refractivity contribution is 7.13. The van der Waals surface area contributed by atoms with E-state index in [1.165, 1.54) is 30.2 Å². The van der Waals surface area contributed by atoms with Gasteiger partial charge in [-0.15, -0.1) is 11.3 Å². The Balaban J connectivity index is 1.49. The number of fused-ring (bicyclic) bond motifs is 4.